The van der Waals surface area contributed by atoms with Crippen LogP contribution in [0, 0.1) is 0 Å². The molecule has 1 aliphatic heterocycles. The Morgan fingerprint density at radius 1 is 0.531 bits per heavy atom. The molecule has 5 rings (SSSR count). The van der Waals surface area contributed by atoms with Crippen LogP contribution in [0.25, 0.3) is 0 Å². The van der Waals surface area contributed by atoms with Crippen LogP contribution >= 0.6 is 7.92 Å². The van der Waals surface area contributed by atoms with Crippen LogP contribution in [-0.2, 0) is 0 Å². The van der Waals surface area contributed by atoms with E-state index in [1.165, 1.54) is 32.8 Å². The predicted octanol–water partition coefficient (Wildman–Crippen LogP) is 4.51. The number of rotatable bonds is 6. The number of fused-ring (bicyclic) bond motifs is 1. The molecule has 0 aromatic heterocycles. The largest absolute Gasteiger partial charge is 0.411 e. The van der Waals surface area contributed by atoms with E-state index in [0.717, 1.165) is 13.1 Å². The molecule has 4 heteroatoms. The lowest BCUT2D eigenvalue weighted by Gasteiger charge is -2.28. The molecule has 1 aliphatic rings. The molecule has 0 fully saturated rings. The SMILES string of the molecule is CCN1B(c2ccc(P(c3ccccc3)c3ccccc3)cc2)N(CC)c2ccccc21. The maximum absolute atomic E-state index is 2.52. The fraction of sp³-hybridized carbons (Fsp3) is 0.143. The van der Waals surface area contributed by atoms with Crippen LogP contribution in [0.1, 0.15) is 13.8 Å². The summed E-state index contributed by atoms with van der Waals surface area (Å²) >= 11 is 0. The standard InChI is InChI=1S/C28H28BN2P/c1-3-30-27-17-11-12-18-28(27)31(4-2)29(30)23-19-21-26(22-20-23)32(24-13-7-5-8-14-24)25-15-9-6-10-16-25/h5-22H,3-4H2,1-2H3. The Balaban J connectivity index is 1.53. The number of nitrogens with zero attached hydrogens (tertiary/aromatic N) is 2. The van der Waals surface area contributed by atoms with Crippen molar-refractivity contribution in [1.82, 2.24) is 0 Å². The van der Waals surface area contributed by atoms with Crippen molar-refractivity contribution in [1.29, 1.82) is 0 Å². The van der Waals surface area contributed by atoms with Crippen LogP contribution in [0.3, 0.4) is 0 Å². The Kier molecular flexibility index (Phi) is 6.01. The van der Waals surface area contributed by atoms with Crippen LogP contribution < -0.4 is 31.0 Å². The minimum absolute atomic E-state index is 0.246. The van der Waals surface area contributed by atoms with Crippen molar-refractivity contribution in [3.63, 3.8) is 0 Å². The molecule has 0 saturated carbocycles. The van der Waals surface area contributed by atoms with Crippen molar-refractivity contribution >= 4 is 47.7 Å². The highest BCUT2D eigenvalue weighted by molar-refractivity contribution is 7.79. The fourth-order valence-electron chi connectivity index (χ4n) is 4.82. The zero-order chi connectivity index (χ0) is 21.9. The Bertz CT molecular complexity index is 1090. The van der Waals surface area contributed by atoms with Crippen LogP contribution in [-0.4, -0.2) is 20.1 Å². The second-order valence-electron chi connectivity index (χ2n) is 8.03. The van der Waals surface area contributed by atoms with E-state index in [2.05, 4.69) is 133 Å². The molecule has 4 aromatic carbocycles. The van der Waals surface area contributed by atoms with E-state index >= 15 is 0 Å². The first-order valence-electron chi connectivity index (χ1n) is 11.4. The Morgan fingerprint density at radius 2 is 0.938 bits per heavy atom. The van der Waals surface area contributed by atoms with E-state index in [1.807, 2.05) is 0 Å². The summed E-state index contributed by atoms with van der Waals surface area (Å²) in [4.78, 5) is 5.04. The van der Waals surface area contributed by atoms with Gasteiger partial charge in [-0.05, 0) is 55.3 Å². The molecule has 0 unspecified atom stereocenters. The average molecular weight is 434 g/mol. The van der Waals surface area contributed by atoms with Crippen molar-refractivity contribution in [2.75, 3.05) is 22.7 Å². The molecule has 158 valence electrons. The van der Waals surface area contributed by atoms with Gasteiger partial charge in [0, 0.05) is 24.5 Å². The molecule has 2 nitrogen and oxygen atoms in total. The molecule has 1 heterocycles. The number of hydrogen-bond acceptors (Lipinski definition) is 2. The first-order chi connectivity index (χ1) is 15.8. The molecule has 4 aromatic rings. The lowest BCUT2D eigenvalue weighted by molar-refractivity contribution is 1.06. The summed E-state index contributed by atoms with van der Waals surface area (Å²) in [6.07, 6.45) is 0. The Hall–Kier alpha value is -3.03. The summed E-state index contributed by atoms with van der Waals surface area (Å²) in [5.74, 6) is 0. The Morgan fingerprint density at radius 3 is 1.38 bits per heavy atom. The van der Waals surface area contributed by atoms with Crippen LogP contribution in [0.5, 0.6) is 0 Å². The number of para-hydroxylation sites is 2. The topological polar surface area (TPSA) is 6.48 Å². The van der Waals surface area contributed by atoms with Gasteiger partial charge in [-0.25, -0.2) is 0 Å². The second kappa shape index (κ2) is 9.22. The first-order valence-corrected chi connectivity index (χ1v) is 12.8. The third-order valence-electron chi connectivity index (χ3n) is 6.25. The highest BCUT2D eigenvalue weighted by Crippen LogP contribution is 2.37. The number of benzene rings is 4. The molecule has 0 amide bonds. The van der Waals surface area contributed by atoms with Gasteiger partial charge < -0.3 is 9.62 Å². The van der Waals surface area contributed by atoms with E-state index in [9.17, 15) is 0 Å². The van der Waals surface area contributed by atoms with E-state index in [0.29, 0.717) is 0 Å². The van der Waals surface area contributed by atoms with Crippen LogP contribution in [0.2, 0.25) is 0 Å². The molecule has 0 aliphatic carbocycles. The van der Waals surface area contributed by atoms with Gasteiger partial charge in [-0.1, -0.05) is 97.1 Å². The molecule has 0 atom stereocenters. The van der Waals surface area contributed by atoms with E-state index in [4.69, 9.17) is 0 Å². The quantitative estimate of drug-likeness (QED) is 0.326. The van der Waals surface area contributed by atoms with Crippen molar-refractivity contribution in [3.8, 4) is 0 Å². The van der Waals surface area contributed by atoms with Gasteiger partial charge in [-0.2, -0.15) is 0 Å². The number of hydrogen-bond donors (Lipinski definition) is 0. The highest BCUT2D eigenvalue weighted by Gasteiger charge is 2.39. The summed E-state index contributed by atoms with van der Waals surface area (Å²) in [6, 6.07) is 40.0. The highest BCUT2D eigenvalue weighted by atomic mass is 31.1. The normalized spacial score (nSPS) is 13.0. The maximum Gasteiger partial charge on any atom is 0.411 e. The summed E-state index contributed by atoms with van der Waals surface area (Å²) in [5, 5.41) is 4.17. The predicted molar refractivity (Wildman–Crippen MR) is 143 cm³/mol. The van der Waals surface area contributed by atoms with E-state index < -0.39 is 7.92 Å². The van der Waals surface area contributed by atoms with Gasteiger partial charge in [0.1, 0.15) is 0 Å². The summed E-state index contributed by atoms with van der Waals surface area (Å²) in [7, 11) is -0.574. The monoisotopic (exact) mass is 434 g/mol. The molecule has 0 spiro atoms. The zero-order valence-corrected chi connectivity index (χ0v) is 19.6. The van der Waals surface area contributed by atoms with Crippen LogP contribution in [0.15, 0.2) is 109 Å². The van der Waals surface area contributed by atoms with Gasteiger partial charge >= 0.3 is 6.98 Å². The first kappa shape index (κ1) is 20.9. The van der Waals surface area contributed by atoms with E-state index in [-0.39, 0.29) is 6.98 Å². The van der Waals surface area contributed by atoms with Crippen molar-refractivity contribution in [3.05, 3.63) is 109 Å². The van der Waals surface area contributed by atoms with Gasteiger partial charge in [0.2, 0.25) is 0 Å². The molecule has 32 heavy (non-hydrogen) atoms. The van der Waals surface area contributed by atoms with Crippen molar-refractivity contribution in [2.24, 2.45) is 0 Å². The smallest absolute Gasteiger partial charge is 0.391 e. The van der Waals surface area contributed by atoms with Crippen molar-refractivity contribution < 1.29 is 0 Å². The fourth-order valence-corrected chi connectivity index (χ4v) is 7.11. The lowest BCUT2D eigenvalue weighted by Crippen LogP contribution is -2.56. The van der Waals surface area contributed by atoms with Crippen molar-refractivity contribution in [2.45, 2.75) is 13.8 Å². The zero-order valence-electron chi connectivity index (χ0n) is 18.7. The van der Waals surface area contributed by atoms with Gasteiger partial charge in [0.05, 0.1) is 0 Å². The summed E-state index contributed by atoms with van der Waals surface area (Å²) < 4.78 is 0. The third kappa shape index (κ3) is 3.72. The maximum atomic E-state index is 2.52. The molecule has 0 N–H and O–H groups in total. The van der Waals surface area contributed by atoms with E-state index in [1.54, 1.807) is 0 Å². The molecule has 0 bridgehead atoms. The van der Waals surface area contributed by atoms with Gasteiger partial charge in [-0.15, -0.1) is 0 Å². The second-order valence-corrected chi connectivity index (χ2v) is 10.3. The molecular formula is C28H28BN2P. The molecule has 0 radical (unpaired) electrons. The lowest BCUT2D eigenvalue weighted by atomic mass is 9.65. The molecular weight excluding hydrogens is 406 g/mol. The number of anilines is 2. The van der Waals surface area contributed by atoms with Gasteiger partial charge in [0.25, 0.3) is 0 Å². The van der Waals surface area contributed by atoms with Crippen LogP contribution in [0.4, 0.5) is 11.4 Å². The minimum Gasteiger partial charge on any atom is -0.391 e. The minimum atomic E-state index is -0.574. The third-order valence-corrected chi connectivity index (χ3v) is 8.69. The molecule has 0 saturated heterocycles. The van der Waals surface area contributed by atoms with Gasteiger partial charge in [0.15, 0.2) is 0 Å². The summed E-state index contributed by atoms with van der Waals surface area (Å²) in [5.41, 5.74) is 4.02. The Labute approximate surface area is 193 Å². The summed E-state index contributed by atoms with van der Waals surface area (Å²) in [6.45, 7) is 6.72. The average Bonchev–Trinajstić information content (AvgIpc) is 3.19. The van der Waals surface area contributed by atoms with Gasteiger partial charge in [-0.3, -0.25) is 0 Å².